The maximum Gasteiger partial charge on any atom is 0.127 e. The zero-order valence-corrected chi connectivity index (χ0v) is 9.60. The van der Waals surface area contributed by atoms with Crippen LogP contribution in [0.1, 0.15) is 16.8 Å². The molecule has 0 aliphatic rings. The lowest BCUT2D eigenvalue weighted by molar-refractivity contribution is 0.584. The fourth-order valence-electron chi connectivity index (χ4n) is 1.53. The molecule has 2 rings (SSSR count). The topological polar surface area (TPSA) is 61.6 Å². The van der Waals surface area contributed by atoms with Gasteiger partial charge < -0.3 is 5.32 Å². The minimum atomic E-state index is -0.319. The maximum absolute atomic E-state index is 13.5. The summed E-state index contributed by atoms with van der Waals surface area (Å²) in [7, 11) is 0. The Morgan fingerprint density at radius 1 is 1.28 bits per heavy atom. The average Bonchev–Trinajstić information content (AvgIpc) is 2.42. The second-order valence-electron chi connectivity index (χ2n) is 3.74. The smallest absolute Gasteiger partial charge is 0.127 e. The second-order valence-corrected chi connectivity index (χ2v) is 3.74. The van der Waals surface area contributed by atoms with Gasteiger partial charge in [-0.3, -0.25) is 0 Å². The molecule has 0 atom stereocenters. The quantitative estimate of drug-likeness (QED) is 0.887. The van der Waals surface area contributed by atoms with Crippen LogP contribution in [0.25, 0.3) is 0 Å². The second kappa shape index (κ2) is 5.84. The molecule has 18 heavy (non-hydrogen) atoms. The van der Waals surface area contributed by atoms with E-state index < -0.39 is 0 Å². The molecule has 0 spiro atoms. The van der Waals surface area contributed by atoms with Gasteiger partial charge in [0.2, 0.25) is 0 Å². The molecule has 0 saturated carbocycles. The molecule has 0 unspecified atom stereocenters. The van der Waals surface area contributed by atoms with Gasteiger partial charge in [0.05, 0.1) is 17.3 Å². The van der Waals surface area contributed by atoms with Gasteiger partial charge in [0, 0.05) is 24.8 Å². The molecule has 1 heterocycles. The Kier molecular flexibility index (Phi) is 3.94. The maximum atomic E-state index is 13.5. The van der Waals surface area contributed by atoms with Gasteiger partial charge >= 0.3 is 0 Å². The van der Waals surface area contributed by atoms with Crippen LogP contribution in [0.3, 0.4) is 0 Å². The summed E-state index contributed by atoms with van der Waals surface area (Å²) in [5.41, 5.74) is 1.71. The zero-order valence-electron chi connectivity index (χ0n) is 9.60. The molecule has 1 N–H and O–H groups in total. The molecule has 0 radical (unpaired) electrons. The van der Waals surface area contributed by atoms with E-state index in [0.717, 1.165) is 5.69 Å². The highest BCUT2D eigenvalue weighted by molar-refractivity contribution is 5.33. The fraction of sp³-hybridized carbons (Fsp3) is 0.154. The van der Waals surface area contributed by atoms with Crippen LogP contribution in [0, 0.1) is 17.1 Å². The largest absolute Gasteiger partial charge is 0.307 e. The predicted molar refractivity (Wildman–Crippen MR) is 63.7 cm³/mol. The number of halogens is 1. The number of aromatic nitrogens is 2. The first-order valence-electron chi connectivity index (χ1n) is 5.45. The summed E-state index contributed by atoms with van der Waals surface area (Å²) >= 11 is 0. The fourth-order valence-corrected chi connectivity index (χ4v) is 1.53. The lowest BCUT2D eigenvalue weighted by atomic mass is 10.1. The Labute approximate surface area is 104 Å². The Balaban J connectivity index is 1.96. The van der Waals surface area contributed by atoms with E-state index >= 15 is 0 Å². The normalized spacial score (nSPS) is 10.0. The molecule has 0 fully saturated rings. The summed E-state index contributed by atoms with van der Waals surface area (Å²) in [6.07, 6.45) is 1.60. The predicted octanol–water partition coefficient (Wildman–Crippen LogP) is 1.78. The first kappa shape index (κ1) is 12.1. The molecule has 0 aliphatic heterocycles. The standard InChI is InChI=1S/C13H11FN4/c14-13-4-3-10(7-15)6-11(13)8-16-9-12-2-1-5-17-18-12/h1-6,16H,8-9H2. The van der Waals surface area contributed by atoms with Crippen LogP contribution in [-0.4, -0.2) is 10.2 Å². The van der Waals surface area contributed by atoms with Gasteiger partial charge in [-0.15, -0.1) is 0 Å². The highest BCUT2D eigenvalue weighted by atomic mass is 19.1. The molecular formula is C13H11FN4. The van der Waals surface area contributed by atoms with Crippen LogP contribution in [0.15, 0.2) is 36.5 Å². The summed E-state index contributed by atoms with van der Waals surface area (Å²) in [6.45, 7) is 0.849. The monoisotopic (exact) mass is 242 g/mol. The van der Waals surface area contributed by atoms with Gasteiger partial charge in [0.25, 0.3) is 0 Å². The lowest BCUT2D eigenvalue weighted by Crippen LogP contribution is -2.15. The van der Waals surface area contributed by atoms with Crippen molar-refractivity contribution >= 4 is 0 Å². The molecule has 0 saturated heterocycles. The molecule has 0 amide bonds. The van der Waals surface area contributed by atoms with Crippen molar-refractivity contribution in [3.8, 4) is 6.07 Å². The first-order valence-corrected chi connectivity index (χ1v) is 5.45. The summed E-state index contributed by atoms with van der Waals surface area (Å²) in [5, 5.41) is 19.5. The van der Waals surface area contributed by atoms with Crippen molar-refractivity contribution in [1.82, 2.24) is 15.5 Å². The molecule has 1 aromatic heterocycles. The molecule has 90 valence electrons. The van der Waals surface area contributed by atoms with E-state index in [1.165, 1.54) is 12.1 Å². The van der Waals surface area contributed by atoms with Gasteiger partial charge in [-0.2, -0.15) is 15.5 Å². The Bertz CT molecular complexity index is 563. The summed E-state index contributed by atoms with van der Waals surface area (Å²) in [5.74, 6) is -0.319. The third-order valence-corrected chi connectivity index (χ3v) is 2.42. The highest BCUT2D eigenvalue weighted by Crippen LogP contribution is 2.09. The van der Waals surface area contributed by atoms with Crippen LogP contribution >= 0.6 is 0 Å². The van der Waals surface area contributed by atoms with Crippen molar-refractivity contribution in [3.05, 3.63) is 59.2 Å². The van der Waals surface area contributed by atoms with Crippen molar-refractivity contribution in [3.63, 3.8) is 0 Å². The van der Waals surface area contributed by atoms with Crippen LogP contribution in [0.5, 0.6) is 0 Å². The SMILES string of the molecule is N#Cc1ccc(F)c(CNCc2cccnn2)c1. The molecule has 5 heteroatoms. The third kappa shape index (κ3) is 3.09. The van der Waals surface area contributed by atoms with Crippen molar-refractivity contribution < 1.29 is 4.39 Å². The average molecular weight is 242 g/mol. The number of hydrogen-bond donors (Lipinski definition) is 1. The minimum Gasteiger partial charge on any atom is -0.307 e. The van der Waals surface area contributed by atoms with Crippen LogP contribution in [0.2, 0.25) is 0 Å². The van der Waals surface area contributed by atoms with Crippen LogP contribution in [-0.2, 0) is 13.1 Å². The van der Waals surface area contributed by atoms with Crippen molar-refractivity contribution in [2.75, 3.05) is 0 Å². The number of nitrogens with one attached hydrogen (secondary N) is 1. The van der Waals surface area contributed by atoms with Crippen LogP contribution < -0.4 is 5.32 Å². The third-order valence-electron chi connectivity index (χ3n) is 2.42. The molecule has 4 nitrogen and oxygen atoms in total. The van der Waals surface area contributed by atoms with Gasteiger partial charge in [-0.25, -0.2) is 4.39 Å². The zero-order chi connectivity index (χ0) is 12.8. The van der Waals surface area contributed by atoms with Crippen molar-refractivity contribution in [2.45, 2.75) is 13.1 Å². The number of nitrogens with zero attached hydrogens (tertiary/aromatic N) is 3. The van der Waals surface area contributed by atoms with Gasteiger partial charge in [-0.1, -0.05) is 0 Å². The molecule has 1 aromatic carbocycles. The van der Waals surface area contributed by atoms with E-state index in [9.17, 15) is 4.39 Å². The van der Waals surface area contributed by atoms with E-state index in [4.69, 9.17) is 5.26 Å². The van der Waals surface area contributed by atoms with E-state index in [1.807, 2.05) is 12.1 Å². The summed E-state index contributed by atoms with van der Waals surface area (Å²) < 4.78 is 13.5. The molecule has 2 aromatic rings. The Hall–Kier alpha value is -2.32. The molecule has 0 aliphatic carbocycles. The van der Waals surface area contributed by atoms with E-state index in [2.05, 4.69) is 15.5 Å². The minimum absolute atomic E-state index is 0.319. The number of nitriles is 1. The molecular weight excluding hydrogens is 231 g/mol. The van der Waals surface area contributed by atoms with Gasteiger partial charge in [0.15, 0.2) is 0 Å². The molecule has 0 bridgehead atoms. The Morgan fingerprint density at radius 2 is 2.17 bits per heavy atom. The number of hydrogen-bond acceptors (Lipinski definition) is 4. The summed E-state index contributed by atoms with van der Waals surface area (Å²) in [6, 6.07) is 9.92. The Morgan fingerprint density at radius 3 is 2.89 bits per heavy atom. The first-order chi connectivity index (χ1) is 8.79. The van der Waals surface area contributed by atoms with Crippen molar-refractivity contribution in [1.29, 1.82) is 5.26 Å². The van der Waals surface area contributed by atoms with Gasteiger partial charge in [0.1, 0.15) is 5.82 Å². The van der Waals surface area contributed by atoms with Crippen molar-refractivity contribution in [2.24, 2.45) is 0 Å². The van der Waals surface area contributed by atoms with Gasteiger partial charge in [-0.05, 0) is 30.3 Å². The van der Waals surface area contributed by atoms with Crippen LogP contribution in [0.4, 0.5) is 4.39 Å². The number of rotatable bonds is 4. The highest BCUT2D eigenvalue weighted by Gasteiger charge is 2.03. The summed E-state index contributed by atoms with van der Waals surface area (Å²) in [4.78, 5) is 0. The van der Waals surface area contributed by atoms with E-state index in [0.29, 0.717) is 24.2 Å². The van der Waals surface area contributed by atoms with E-state index in [1.54, 1.807) is 18.3 Å². The lowest BCUT2D eigenvalue weighted by Gasteiger charge is -2.05. The van der Waals surface area contributed by atoms with E-state index in [-0.39, 0.29) is 5.82 Å². The number of benzene rings is 1.